The van der Waals surface area contributed by atoms with Crippen LogP contribution in [0.2, 0.25) is 0 Å². The summed E-state index contributed by atoms with van der Waals surface area (Å²) in [5.74, 6) is 0. The van der Waals surface area contributed by atoms with Gasteiger partial charge in [0, 0.05) is 11.6 Å². The Bertz CT molecular complexity index is 205. The van der Waals surface area contributed by atoms with E-state index >= 15 is 0 Å². The van der Waals surface area contributed by atoms with Gasteiger partial charge >= 0.3 is 0 Å². The standard InChI is InChI=1S/C16H34N2/c1-7-13-14-15(17-10-4)16(8-2,9-3)18(11-5)12-6/h7,15,17H,1,8-14H2,2-6H3. The summed E-state index contributed by atoms with van der Waals surface area (Å²) < 4.78 is 0. The van der Waals surface area contributed by atoms with Crippen molar-refractivity contribution >= 4 is 0 Å². The Morgan fingerprint density at radius 1 is 1.11 bits per heavy atom. The molecule has 1 atom stereocenters. The highest BCUT2D eigenvalue weighted by atomic mass is 15.2. The molecule has 2 heteroatoms. The van der Waals surface area contributed by atoms with E-state index in [1.807, 2.05) is 6.08 Å². The zero-order valence-corrected chi connectivity index (χ0v) is 13.3. The molecule has 2 nitrogen and oxygen atoms in total. The number of hydrogen-bond acceptors (Lipinski definition) is 2. The van der Waals surface area contributed by atoms with Crippen LogP contribution in [0, 0.1) is 0 Å². The van der Waals surface area contributed by atoms with Gasteiger partial charge in [-0.05, 0) is 45.3 Å². The molecule has 0 spiro atoms. The normalized spacial score (nSPS) is 13.9. The molecule has 1 N–H and O–H groups in total. The van der Waals surface area contributed by atoms with Gasteiger partial charge in [0.05, 0.1) is 0 Å². The molecule has 0 saturated heterocycles. The molecule has 0 aliphatic heterocycles. The van der Waals surface area contributed by atoms with E-state index in [0.717, 1.165) is 26.1 Å². The SMILES string of the molecule is C=CCCC(NCC)C(CC)(CC)N(CC)CC. The first kappa shape index (κ1) is 17.7. The molecule has 0 aliphatic carbocycles. The zero-order chi connectivity index (χ0) is 14.0. The molecular formula is C16H34N2. The van der Waals surface area contributed by atoms with Crippen molar-refractivity contribution in [2.45, 2.75) is 71.9 Å². The maximum atomic E-state index is 3.87. The lowest BCUT2D eigenvalue weighted by atomic mass is 9.80. The number of nitrogens with zero attached hydrogens (tertiary/aromatic N) is 1. The third-order valence-corrected chi connectivity index (χ3v) is 4.38. The van der Waals surface area contributed by atoms with Crippen molar-refractivity contribution in [3.63, 3.8) is 0 Å². The molecular weight excluding hydrogens is 220 g/mol. The Labute approximate surface area is 115 Å². The predicted octanol–water partition coefficient (Wildman–Crippen LogP) is 3.83. The third-order valence-electron chi connectivity index (χ3n) is 4.38. The van der Waals surface area contributed by atoms with E-state index in [2.05, 4.69) is 51.4 Å². The van der Waals surface area contributed by atoms with E-state index in [0.29, 0.717) is 11.6 Å². The van der Waals surface area contributed by atoms with Crippen LogP contribution in [0.3, 0.4) is 0 Å². The van der Waals surface area contributed by atoms with Gasteiger partial charge in [-0.2, -0.15) is 0 Å². The molecule has 0 fully saturated rings. The van der Waals surface area contributed by atoms with Crippen LogP contribution in [0.5, 0.6) is 0 Å². The first-order valence-electron chi connectivity index (χ1n) is 7.75. The lowest BCUT2D eigenvalue weighted by molar-refractivity contribution is 0.0470. The number of likely N-dealkylation sites (N-methyl/N-ethyl adjacent to an activating group) is 2. The van der Waals surface area contributed by atoms with Gasteiger partial charge in [-0.25, -0.2) is 0 Å². The van der Waals surface area contributed by atoms with Gasteiger partial charge in [0.1, 0.15) is 0 Å². The van der Waals surface area contributed by atoms with Gasteiger partial charge in [-0.15, -0.1) is 6.58 Å². The predicted molar refractivity (Wildman–Crippen MR) is 83.1 cm³/mol. The monoisotopic (exact) mass is 254 g/mol. The van der Waals surface area contributed by atoms with Crippen molar-refractivity contribution in [2.24, 2.45) is 0 Å². The van der Waals surface area contributed by atoms with Crippen LogP contribution in [0.4, 0.5) is 0 Å². The minimum atomic E-state index is 0.294. The van der Waals surface area contributed by atoms with E-state index in [1.165, 1.54) is 19.3 Å². The third kappa shape index (κ3) is 4.10. The Morgan fingerprint density at radius 3 is 2.00 bits per heavy atom. The topological polar surface area (TPSA) is 15.3 Å². The summed E-state index contributed by atoms with van der Waals surface area (Å²) in [6.45, 7) is 18.6. The molecule has 0 aromatic rings. The molecule has 0 aromatic heterocycles. The lowest BCUT2D eigenvalue weighted by Crippen LogP contribution is -2.60. The van der Waals surface area contributed by atoms with Crippen molar-refractivity contribution in [3.8, 4) is 0 Å². The van der Waals surface area contributed by atoms with Gasteiger partial charge in [-0.1, -0.05) is 40.7 Å². The molecule has 0 bridgehead atoms. The molecule has 0 saturated carbocycles. The van der Waals surface area contributed by atoms with Gasteiger partial charge in [0.25, 0.3) is 0 Å². The zero-order valence-electron chi connectivity index (χ0n) is 13.3. The van der Waals surface area contributed by atoms with Crippen LogP contribution in [-0.2, 0) is 0 Å². The summed E-state index contributed by atoms with van der Waals surface area (Å²) in [5, 5.41) is 3.72. The minimum Gasteiger partial charge on any atom is -0.312 e. The van der Waals surface area contributed by atoms with E-state index in [4.69, 9.17) is 0 Å². The fourth-order valence-electron chi connectivity index (χ4n) is 3.36. The van der Waals surface area contributed by atoms with Crippen molar-refractivity contribution in [3.05, 3.63) is 12.7 Å². The van der Waals surface area contributed by atoms with Crippen LogP contribution in [0.25, 0.3) is 0 Å². The summed E-state index contributed by atoms with van der Waals surface area (Å²) in [7, 11) is 0. The average molecular weight is 254 g/mol. The first-order valence-corrected chi connectivity index (χ1v) is 7.75. The van der Waals surface area contributed by atoms with Crippen molar-refractivity contribution < 1.29 is 0 Å². The second-order valence-electron chi connectivity index (χ2n) is 4.96. The quantitative estimate of drug-likeness (QED) is 0.564. The number of rotatable bonds is 11. The fourth-order valence-corrected chi connectivity index (χ4v) is 3.36. The second kappa shape index (κ2) is 9.57. The van der Waals surface area contributed by atoms with E-state index in [9.17, 15) is 0 Å². The second-order valence-corrected chi connectivity index (χ2v) is 4.96. The molecule has 0 rings (SSSR count). The molecule has 0 heterocycles. The van der Waals surface area contributed by atoms with Gasteiger partial charge in [0.15, 0.2) is 0 Å². The Balaban J connectivity index is 5.12. The van der Waals surface area contributed by atoms with Crippen molar-refractivity contribution in [2.75, 3.05) is 19.6 Å². The van der Waals surface area contributed by atoms with Gasteiger partial charge in [0.2, 0.25) is 0 Å². The first-order chi connectivity index (χ1) is 8.66. The van der Waals surface area contributed by atoms with E-state index < -0.39 is 0 Å². The molecule has 0 aliphatic rings. The van der Waals surface area contributed by atoms with Crippen LogP contribution in [0.15, 0.2) is 12.7 Å². The molecule has 1 unspecified atom stereocenters. The van der Waals surface area contributed by atoms with Crippen molar-refractivity contribution in [1.82, 2.24) is 10.2 Å². The van der Waals surface area contributed by atoms with Crippen molar-refractivity contribution in [1.29, 1.82) is 0 Å². The van der Waals surface area contributed by atoms with Crippen LogP contribution in [0.1, 0.15) is 60.3 Å². The summed E-state index contributed by atoms with van der Waals surface area (Å²) in [6.07, 6.45) is 6.75. The summed E-state index contributed by atoms with van der Waals surface area (Å²) >= 11 is 0. The van der Waals surface area contributed by atoms with E-state index in [1.54, 1.807) is 0 Å². The fraction of sp³-hybridized carbons (Fsp3) is 0.875. The molecule has 0 aromatic carbocycles. The maximum Gasteiger partial charge on any atom is 0.0357 e. The van der Waals surface area contributed by atoms with Gasteiger partial charge in [-0.3, -0.25) is 4.90 Å². The number of nitrogens with one attached hydrogen (secondary N) is 1. The highest BCUT2D eigenvalue weighted by Crippen LogP contribution is 2.30. The van der Waals surface area contributed by atoms with Gasteiger partial charge < -0.3 is 5.32 Å². The maximum absolute atomic E-state index is 3.87. The smallest absolute Gasteiger partial charge is 0.0357 e. The lowest BCUT2D eigenvalue weighted by Gasteiger charge is -2.48. The Hall–Kier alpha value is -0.340. The minimum absolute atomic E-state index is 0.294. The van der Waals surface area contributed by atoms with Crippen LogP contribution >= 0.6 is 0 Å². The molecule has 18 heavy (non-hydrogen) atoms. The average Bonchev–Trinajstić information content (AvgIpc) is 2.41. The highest BCUT2D eigenvalue weighted by molar-refractivity contribution is 4.99. The largest absolute Gasteiger partial charge is 0.312 e. The Morgan fingerprint density at radius 2 is 1.67 bits per heavy atom. The number of allylic oxidation sites excluding steroid dienone is 1. The van der Waals surface area contributed by atoms with Crippen LogP contribution < -0.4 is 5.32 Å². The molecule has 0 amide bonds. The summed E-state index contributed by atoms with van der Waals surface area (Å²) in [4.78, 5) is 2.64. The van der Waals surface area contributed by atoms with Crippen LogP contribution in [-0.4, -0.2) is 36.1 Å². The highest BCUT2D eigenvalue weighted by Gasteiger charge is 2.38. The Kier molecular flexibility index (Phi) is 9.39. The van der Waals surface area contributed by atoms with E-state index in [-0.39, 0.29) is 0 Å². The number of hydrogen-bond donors (Lipinski definition) is 1. The molecule has 108 valence electrons. The molecule has 0 radical (unpaired) electrons. The summed E-state index contributed by atoms with van der Waals surface area (Å²) in [5.41, 5.74) is 0.294. The summed E-state index contributed by atoms with van der Waals surface area (Å²) in [6, 6.07) is 0.565.